The molecule has 2 aromatic heterocycles. The van der Waals surface area contributed by atoms with Gasteiger partial charge in [-0.25, -0.2) is 9.97 Å². The molecule has 8 heteroatoms. The molecule has 0 aliphatic carbocycles. The van der Waals surface area contributed by atoms with E-state index in [9.17, 15) is 4.79 Å². The summed E-state index contributed by atoms with van der Waals surface area (Å²) in [6.45, 7) is 1.22. The summed E-state index contributed by atoms with van der Waals surface area (Å²) in [6, 6.07) is 3.60. The number of carbonyl (C=O) groups excluding carboxylic acids is 1. The van der Waals surface area contributed by atoms with Crippen molar-refractivity contribution in [2.45, 2.75) is 13.0 Å². The smallest absolute Gasteiger partial charge is 0.236 e. The third-order valence-corrected chi connectivity index (χ3v) is 6.47. The lowest BCUT2D eigenvalue weighted by Crippen LogP contribution is -2.39. The first-order chi connectivity index (χ1) is 12.1. The minimum Gasteiger partial charge on any atom is -0.336 e. The van der Waals surface area contributed by atoms with Crippen LogP contribution in [0.25, 0.3) is 21.5 Å². The van der Waals surface area contributed by atoms with Crippen molar-refractivity contribution >= 4 is 50.5 Å². The van der Waals surface area contributed by atoms with Crippen LogP contribution in [0.1, 0.15) is 10.4 Å². The lowest BCUT2D eigenvalue weighted by atomic mass is 9.99. The summed E-state index contributed by atoms with van der Waals surface area (Å²) < 4.78 is 0.920. The Morgan fingerprint density at radius 2 is 2.08 bits per heavy atom. The fourth-order valence-electron chi connectivity index (χ4n) is 3.17. The summed E-state index contributed by atoms with van der Waals surface area (Å²) in [6.07, 6.45) is 4.16. The first-order valence-electron chi connectivity index (χ1n) is 7.77. The largest absolute Gasteiger partial charge is 0.336 e. The van der Waals surface area contributed by atoms with E-state index in [-0.39, 0.29) is 12.5 Å². The van der Waals surface area contributed by atoms with Crippen molar-refractivity contribution < 1.29 is 4.79 Å². The second-order valence-corrected chi connectivity index (χ2v) is 7.66. The van der Waals surface area contributed by atoms with Gasteiger partial charge in [-0.1, -0.05) is 23.2 Å². The van der Waals surface area contributed by atoms with Gasteiger partial charge >= 0.3 is 0 Å². The van der Waals surface area contributed by atoms with Crippen LogP contribution in [0, 0.1) is 0 Å². The highest BCUT2D eigenvalue weighted by Gasteiger charge is 2.27. The van der Waals surface area contributed by atoms with Crippen LogP contribution in [-0.2, 0) is 17.8 Å². The van der Waals surface area contributed by atoms with Crippen molar-refractivity contribution in [3.8, 4) is 11.4 Å². The van der Waals surface area contributed by atoms with E-state index >= 15 is 0 Å². The maximum absolute atomic E-state index is 11.9. The summed E-state index contributed by atoms with van der Waals surface area (Å²) in [5.74, 6) is 0.575. The van der Waals surface area contributed by atoms with Crippen LogP contribution in [0.5, 0.6) is 0 Å². The number of carbonyl (C=O) groups is 1. The molecule has 1 aliphatic rings. The number of thiophene rings is 1. The number of hydrogen-bond acceptors (Lipinski definition) is 5. The predicted molar refractivity (Wildman–Crippen MR) is 101 cm³/mol. The summed E-state index contributed by atoms with van der Waals surface area (Å²) in [4.78, 5) is 23.6. The highest BCUT2D eigenvalue weighted by molar-refractivity contribution is 7.20. The molecule has 0 saturated heterocycles. The molecule has 25 heavy (non-hydrogen) atoms. The SMILES string of the molecule is NCC(=O)N1CCc2c(sc3c(Cl)c(Cl)cc(-c4ncccn4)c23)C1. The van der Waals surface area contributed by atoms with Gasteiger partial charge in [0.25, 0.3) is 0 Å². The van der Waals surface area contributed by atoms with Crippen molar-refractivity contribution in [1.29, 1.82) is 0 Å². The van der Waals surface area contributed by atoms with E-state index in [4.69, 9.17) is 28.9 Å². The van der Waals surface area contributed by atoms with Gasteiger partial charge in [-0.2, -0.15) is 0 Å². The van der Waals surface area contributed by atoms with Gasteiger partial charge in [0.1, 0.15) is 0 Å². The summed E-state index contributed by atoms with van der Waals surface area (Å²) in [5.41, 5.74) is 7.57. The van der Waals surface area contributed by atoms with E-state index in [1.54, 1.807) is 34.7 Å². The lowest BCUT2D eigenvalue weighted by Gasteiger charge is -2.26. The molecule has 0 unspecified atom stereocenters. The van der Waals surface area contributed by atoms with Gasteiger partial charge in [0.15, 0.2) is 5.82 Å². The molecule has 0 saturated carbocycles. The zero-order chi connectivity index (χ0) is 17.6. The van der Waals surface area contributed by atoms with Crippen LogP contribution in [0.2, 0.25) is 10.0 Å². The van der Waals surface area contributed by atoms with Crippen molar-refractivity contribution in [3.63, 3.8) is 0 Å². The second-order valence-electron chi connectivity index (χ2n) is 5.77. The molecule has 1 aliphatic heterocycles. The Balaban J connectivity index is 1.93. The average molecular weight is 393 g/mol. The molecule has 1 aromatic carbocycles. The fraction of sp³-hybridized carbons (Fsp3) is 0.235. The number of rotatable bonds is 2. The summed E-state index contributed by atoms with van der Waals surface area (Å²) in [5, 5.41) is 2.05. The van der Waals surface area contributed by atoms with E-state index in [0.29, 0.717) is 29.0 Å². The van der Waals surface area contributed by atoms with E-state index in [1.165, 1.54) is 5.56 Å². The number of halogens is 2. The molecule has 3 aromatic rings. The first kappa shape index (κ1) is 16.7. The van der Waals surface area contributed by atoms with Crippen molar-refractivity contribution in [2.24, 2.45) is 5.73 Å². The van der Waals surface area contributed by atoms with E-state index in [2.05, 4.69) is 9.97 Å². The molecular weight excluding hydrogens is 379 g/mol. The topological polar surface area (TPSA) is 72.1 Å². The third-order valence-electron chi connectivity index (χ3n) is 4.34. The zero-order valence-electron chi connectivity index (χ0n) is 13.1. The lowest BCUT2D eigenvalue weighted by molar-refractivity contribution is -0.130. The number of hydrogen-bond donors (Lipinski definition) is 1. The number of fused-ring (bicyclic) bond motifs is 3. The number of benzene rings is 1. The zero-order valence-corrected chi connectivity index (χ0v) is 15.5. The Hall–Kier alpha value is -1.73. The molecule has 4 rings (SSSR count). The van der Waals surface area contributed by atoms with Crippen LogP contribution in [-0.4, -0.2) is 33.9 Å². The summed E-state index contributed by atoms with van der Waals surface area (Å²) >= 11 is 14.4. The van der Waals surface area contributed by atoms with Crippen molar-refractivity contribution in [1.82, 2.24) is 14.9 Å². The van der Waals surface area contributed by atoms with Gasteiger partial charge in [-0.3, -0.25) is 4.79 Å². The molecule has 1 amide bonds. The number of amides is 1. The van der Waals surface area contributed by atoms with Crippen LogP contribution < -0.4 is 5.73 Å². The van der Waals surface area contributed by atoms with Crippen LogP contribution in [0.4, 0.5) is 0 Å². The Morgan fingerprint density at radius 3 is 2.80 bits per heavy atom. The first-order valence-corrected chi connectivity index (χ1v) is 9.35. The van der Waals surface area contributed by atoms with Crippen molar-refractivity contribution in [3.05, 3.63) is 45.0 Å². The molecule has 2 N–H and O–H groups in total. The minimum absolute atomic E-state index is 0.0237. The number of nitrogens with zero attached hydrogens (tertiary/aromatic N) is 3. The van der Waals surface area contributed by atoms with Crippen LogP contribution in [0.3, 0.4) is 0 Å². The number of nitrogens with two attached hydrogens (primary N) is 1. The van der Waals surface area contributed by atoms with Gasteiger partial charge in [-0.05, 0) is 24.1 Å². The molecule has 5 nitrogen and oxygen atoms in total. The normalized spacial score (nSPS) is 14.0. The highest BCUT2D eigenvalue weighted by Crippen LogP contribution is 2.46. The standard InChI is InChI=1S/C17H14Cl2N4OS/c18-11-6-10(17-21-3-1-4-22-17)14-9-2-5-23(13(24)7-20)8-12(9)25-16(14)15(11)19/h1,3-4,6H,2,5,7-8,20H2. The molecule has 3 heterocycles. The van der Waals surface area contributed by atoms with Crippen LogP contribution in [0.15, 0.2) is 24.5 Å². The maximum Gasteiger partial charge on any atom is 0.236 e. The van der Waals surface area contributed by atoms with Gasteiger partial charge in [-0.15, -0.1) is 11.3 Å². The van der Waals surface area contributed by atoms with Crippen molar-refractivity contribution in [2.75, 3.05) is 13.1 Å². The quantitative estimate of drug-likeness (QED) is 0.723. The van der Waals surface area contributed by atoms with Gasteiger partial charge in [0.2, 0.25) is 5.91 Å². The molecule has 0 fully saturated rings. The molecule has 0 bridgehead atoms. The molecular formula is C17H14Cl2N4OS. The minimum atomic E-state index is -0.0427. The molecule has 0 radical (unpaired) electrons. The van der Waals surface area contributed by atoms with Gasteiger partial charge in [0.05, 0.1) is 27.8 Å². The third kappa shape index (κ3) is 2.79. The Bertz CT molecular complexity index is 974. The monoisotopic (exact) mass is 392 g/mol. The number of aromatic nitrogens is 2. The molecule has 0 atom stereocenters. The van der Waals surface area contributed by atoms with E-state index in [0.717, 1.165) is 26.9 Å². The van der Waals surface area contributed by atoms with E-state index in [1.807, 2.05) is 6.07 Å². The van der Waals surface area contributed by atoms with Crippen LogP contribution >= 0.6 is 34.5 Å². The van der Waals surface area contributed by atoms with E-state index < -0.39 is 0 Å². The molecule has 128 valence electrons. The predicted octanol–water partition coefficient (Wildman–Crippen LogP) is 3.51. The molecule has 0 spiro atoms. The average Bonchev–Trinajstić information content (AvgIpc) is 3.03. The van der Waals surface area contributed by atoms with Gasteiger partial charge in [0, 0.05) is 34.8 Å². The fourth-order valence-corrected chi connectivity index (χ4v) is 5.02. The Labute approximate surface area is 158 Å². The Kier molecular flexibility index (Phi) is 4.37. The second kappa shape index (κ2) is 6.53. The Morgan fingerprint density at radius 1 is 1.32 bits per heavy atom. The van der Waals surface area contributed by atoms with Gasteiger partial charge < -0.3 is 10.6 Å². The summed E-state index contributed by atoms with van der Waals surface area (Å²) in [7, 11) is 0. The maximum atomic E-state index is 11.9. The highest BCUT2D eigenvalue weighted by atomic mass is 35.5.